The summed E-state index contributed by atoms with van der Waals surface area (Å²) in [5.74, 6) is -0.875. The number of nitrogens with one attached hydrogen (secondary N) is 1. The number of carbonyl (C=O) groups is 1. The van der Waals surface area contributed by atoms with E-state index in [-0.39, 0.29) is 28.7 Å². The smallest absolute Gasteiger partial charge is 0.293 e. The first-order chi connectivity index (χ1) is 12.9. The number of benzene rings is 1. The van der Waals surface area contributed by atoms with Gasteiger partial charge in [-0.1, -0.05) is 23.8 Å². The summed E-state index contributed by atoms with van der Waals surface area (Å²) < 4.78 is 0. The predicted octanol–water partition coefficient (Wildman–Crippen LogP) is 2.35. The number of anilines is 1. The van der Waals surface area contributed by atoms with Gasteiger partial charge in [0.05, 0.1) is 10.5 Å². The van der Waals surface area contributed by atoms with Gasteiger partial charge in [-0.15, -0.1) is 0 Å². The number of piperidine rings is 1. The molecule has 1 saturated heterocycles. The minimum Gasteiger partial charge on any atom is -0.507 e. The molecule has 8 heteroatoms. The highest BCUT2D eigenvalue weighted by Gasteiger charge is 2.25. The summed E-state index contributed by atoms with van der Waals surface area (Å²) in [4.78, 5) is 25.2. The summed E-state index contributed by atoms with van der Waals surface area (Å²) in [6, 6.07) is 2.05. The zero-order chi connectivity index (χ0) is 19.4. The van der Waals surface area contributed by atoms with E-state index in [9.17, 15) is 20.0 Å². The molecule has 0 spiro atoms. The highest BCUT2D eigenvalue weighted by atomic mass is 16.6. The second-order valence-electron chi connectivity index (χ2n) is 6.98. The molecule has 0 radical (unpaired) electrons. The number of nitrogens with two attached hydrogens (primary N) is 1. The van der Waals surface area contributed by atoms with E-state index in [1.165, 1.54) is 5.57 Å². The second-order valence-corrected chi connectivity index (χ2v) is 6.98. The molecular formula is C19H24N4O4. The highest BCUT2D eigenvalue weighted by molar-refractivity contribution is 5.98. The highest BCUT2D eigenvalue weighted by Crippen LogP contribution is 2.30. The fraction of sp³-hybridized carbons (Fsp3) is 0.421. The molecule has 0 saturated carbocycles. The number of phenols is 1. The molecule has 27 heavy (non-hydrogen) atoms. The lowest BCUT2D eigenvalue weighted by Crippen LogP contribution is -2.45. The van der Waals surface area contributed by atoms with Crippen molar-refractivity contribution in [2.45, 2.75) is 31.7 Å². The van der Waals surface area contributed by atoms with Gasteiger partial charge in [0.15, 0.2) is 0 Å². The van der Waals surface area contributed by atoms with Crippen molar-refractivity contribution in [1.29, 1.82) is 0 Å². The third-order valence-electron chi connectivity index (χ3n) is 5.03. The van der Waals surface area contributed by atoms with Gasteiger partial charge in [0.25, 0.3) is 11.6 Å². The van der Waals surface area contributed by atoms with Gasteiger partial charge in [0.1, 0.15) is 11.4 Å². The summed E-state index contributed by atoms with van der Waals surface area (Å²) >= 11 is 0. The maximum atomic E-state index is 12.5. The van der Waals surface area contributed by atoms with Crippen LogP contribution in [0.3, 0.4) is 0 Å². The fourth-order valence-corrected chi connectivity index (χ4v) is 3.50. The molecule has 0 unspecified atom stereocenters. The van der Waals surface area contributed by atoms with Crippen LogP contribution in [0.4, 0.5) is 11.4 Å². The summed E-state index contributed by atoms with van der Waals surface area (Å²) in [5.41, 5.74) is 6.26. The van der Waals surface area contributed by atoms with Gasteiger partial charge in [0.2, 0.25) is 0 Å². The monoisotopic (exact) mass is 372 g/mol. The van der Waals surface area contributed by atoms with Crippen LogP contribution in [0.5, 0.6) is 5.75 Å². The zero-order valence-electron chi connectivity index (χ0n) is 15.1. The second kappa shape index (κ2) is 8.22. The molecule has 1 fully saturated rings. The van der Waals surface area contributed by atoms with Gasteiger partial charge in [-0.2, -0.15) is 0 Å². The number of nitrogen functional groups attached to an aromatic ring is 1. The molecule has 1 aliphatic heterocycles. The molecule has 0 aromatic heterocycles. The van der Waals surface area contributed by atoms with Gasteiger partial charge in [-0.05, 0) is 25.7 Å². The van der Waals surface area contributed by atoms with Crippen LogP contribution >= 0.6 is 0 Å². The fourth-order valence-electron chi connectivity index (χ4n) is 3.50. The minimum atomic E-state index is -0.667. The van der Waals surface area contributed by atoms with Crippen molar-refractivity contribution in [3.05, 3.63) is 51.6 Å². The van der Waals surface area contributed by atoms with E-state index >= 15 is 0 Å². The molecule has 1 aliphatic carbocycles. The van der Waals surface area contributed by atoms with E-state index in [0.29, 0.717) is 0 Å². The first kappa shape index (κ1) is 18.9. The molecule has 1 amide bonds. The number of amides is 1. The lowest BCUT2D eigenvalue weighted by Gasteiger charge is -2.33. The summed E-state index contributed by atoms with van der Waals surface area (Å²) in [5, 5.41) is 23.8. The lowest BCUT2D eigenvalue weighted by atomic mass is 10.0. The maximum Gasteiger partial charge on any atom is 0.293 e. The molecule has 144 valence electrons. The van der Waals surface area contributed by atoms with E-state index < -0.39 is 10.8 Å². The van der Waals surface area contributed by atoms with Crippen LogP contribution in [0.25, 0.3) is 0 Å². The summed E-state index contributed by atoms with van der Waals surface area (Å²) in [6.07, 6.45) is 10.2. The third kappa shape index (κ3) is 4.65. The van der Waals surface area contributed by atoms with Crippen LogP contribution in [0.15, 0.2) is 35.9 Å². The number of allylic oxidation sites excluding steroid dienone is 3. The van der Waals surface area contributed by atoms with Gasteiger partial charge >= 0.3 is 0 Å². The number of nitrogens with zero attached hydrogens (tertiary/aromatic N) is 2. The first-order valence-corrected chi connectivity index (χ1v) is 9.07. The Morgan fingerprint density at radius 1 is 1.33 bits per heavy atom. The number of hydrogen-bond donors (Lipinski definition) is 3. The van der Waals surface area contributed by atoms with Crippen LogP contribution in [0.2, 0.25) is 0 Å². The van der Waals surface area contributed by atoms with Gasteiger partial charge in [-0.3, -0.25) is 19.8 Å². The number of carbonyl (C=O) groups excluding carboxylic acids is 1. The van der Waals surface area contributed by atoms with E-state index in [1.807, 2.05) is 0 Å². The molecule has 1 aromatic carbocycles. The Kier molecular flexibility index (Phi) is 5.75. The number of hydrogen-bond acceptors (Lipinski definition) is 6. The van der Waals surface area contributed by atoms with E-state index in [4.69, 9.17) is 5.73 Å². The Morgan fingerprint density at radius 2 is 2.07 bits per heavy atom. The van der Waals surface area contributed by atoms with Crippen molar-refractivity contribution < 1.29 is 14.8 Å². The first-order valence-electron chi connectivity index (χ1n) is 9.07. The maximum absolute atomic E-state index is 12.5. The number of nitro benzene ring substituents is 1. The molecule has 3 rings (SSSR count). The van der Waals surface area contributed by atoms with Crippen LogP contribution in [-0.2, 0) is 0 Å². The Hall–Kier alpha value is -2.87. The van der Waals surface area contributed by atoms with Crippen LogP contribution < -0.4 is 11.1 Å². The molecular weight excluding hydrogens is 348 g/mol. The van der Waals surface area contributed by atoms with Gasteiger partial charge in [0, 0.05) is 37.8 Å². The number of aromatic hydroxyl groups is 1. The predicted molar refractivity (Wildman–Crippen MR) is 103 cm³/mol. The van der Waals surface area contributed by atoms with Crippen LogP contribution in [0, 0.1) is 10.1 Å². The van der Waals surface area contributed by atoms with Crippen LogP contribution in [0.1, 0.15) is 36.0 Å². The quantitative estimate of drug-likeness (QED) is 0.316. The Balaban J connectivity index is 1.56. The summed E-state index contributed by atoms with van der Waals surface area (Å²) in [7, 11) is 0. The SMILES string of the molecule is Nc1cc(O)c(C(=O)NC2CCN(CC3=CCC=CC3)CC2)cc1[N+](=O)[O-]. The van der Waals surface area contributed by atoms with Crippen molar-refractivity contribution in [2.24, 2.45) is 0 Å². The Morgan fingerprint density at radius 3 is 2.70 bits per heavy atom. The molecule has 2 aliphatic rings. The minimum absolute atomic E-state index is 0.0232. The molecule has 8 nitrogen and oxygen atoms in total. The van der Waals surface area contributed by atoms with Crippen molar-refractivity contribution in [3.8, 4) is 5.75 Å². The van der Waals surface area contributed by atoms with Crippen molar-refractivity contribution >= 4 is 17.3 Å². The number of nitro groups is 1. The standard InChI is InChI=1S/C19H24N4O4/c20-16-11-18(24)15(10-17(16)23(26)27)19(25)21-14-6-8-22(9-7-14)12-13-4-2-1-3-5-13/h1-2,5,10-11,14,24H,3-4,6-9,12,20H2,(H,21,25). The molecule has 4 N–H and O–H groups in total. The average Bonchev–Trinajstić information content (AvgIpc) is 2.64. The lowest BCUT2D eigenvalue weighted by molar-refractivity contribution is -0.383. The van der Waals surface area contributed by atoms with E-state index in [2.05, 4.69) is 28.4 Å². The Labute approximate surface area is 157 Å². The van der Waals surface area contributed by atoms with Crippen LogP contribution in [-0.4, -0.2) is 46.5 Å². The van der Waals surface area contributed by atoms with E-state index in [0.717, 1.165) is 57.5 Å². The van der Waals surface area contributed by atoms with Gasteiger partial charge < -0.3 is 16.2 Å². The van der Waals surface area contributed by atoms with Gasteiger partial charge in [-0.25, -0.2) is 0 Å². The van der Waals surface area contributed by atoms with E-state index in [1.54, 1.807) is 0 Å². The molecule has 0 atom stereocenters. The largest absolute Gasteiger partial charge is 0.507 e. The van der Waals surface area contributed by atoms with Crippen molar-refractivity contribution in [3.63, 3.8) is 0 Å². The molecule has 1 aromatic rings. The number of likely N-dealkylation sites (tertiary alicyclic amines) is 1. The zero-order valence-corrected chi connectivity index (χ0v) is 15.1. The number of rotatable bonds is 5. The van der Waals surface area contributed by atoms with Crippen molar-refractivity contribution in [1.82, 2.24) is 10.2 Å². The number of phenolic OH excluding ortho intramolecular Hbond substituents is 1. The summed E-state index contributed by atoms with van der Waals surface area (Å²) in [6.45, 7) is 2.70. The topological polar surface area (TPSA) is 122 Å². The van der Waals surface area contributed by atoms with Crippen molar-refractivity contribution in [2.75, 3.05) is 25.4 Å². The molecule has 1 heterocycles. The normalized spacial score (nSPS) is 18.1. The average molecular weight is 372 g/mol. The molecule has 0 bridgehead atoms. The Bertz CT molecular complexity index is 795. The third-order valence-corrected chi connectivity index (χ3v) is 5.03.